The lowest BCUT2D eigenvalue weighted by atomic mass is 9.48. The SMILES string of the molecule is CC1(C)C2OCCC2C1(N)C(=O)N[C@H](CC(N)=O)C(=O)O. The largest absolute Gasteiger partial charge is 0.480 e. The topological polar surface area (TPSA) is 145 Å². The first-order valence-corrected chi connectivity index (χ1v) is 6.85. The van der Waals surface area contributed by atoms with E-state index in [1.807, 2.05) is 13.8 Å². The molecule has 2 amide bonds. The summed E-state index contributed by atoms with van der Waals surface area (Å²) in [5.74, 6) is -2.84. The maximum atomic E-state index is 12.5. The van der Waals surface area contributed by atoms with Gasteiger partial charge in [-0.15, -0.1) is 0 Å². The van der Waals surface area contributed by atoms with Crippen molar-refractivity contribution in [2.24, 2.45) is 22.8 Å². The minimum atomic E-state index is -1.37. The molecule has 6 N–H and O–H groups in total. The standard InChI is InChI=1S/C13H21N3O5/c1-12(2)9-6(3-4-21-9)13(12,15)11(20)16-7(10(18)19)5-8(14)17/h6-7,9H,3-5,15H2,1-2H3,(H2,14,17)(H,16,20)(H,18,19)/t6?,7-,9?,13?/m1/s1. The van der Waals surface area contributed by atoms with Crippen LogP contribution in [0.5, 0.6) is 0 Å². The zero-order valence-electron chi connectivity index (χ0n) is 12.1. The molecule has 1 heterocycles. The number of amides is 2. The third-order valence-electron chi connectivity index (χ3n) is 4.84. The number of aliphatic carboxylic acids is 1. The normalized spacial score (nSPS) is 34.4. The molecule has 0 aromatic carbocycles. The molecule has 2 aliphatic rings. The van der Waals surface area contributed by atoms with Crippen LogP contribution in [-0.2, 0) is 19.1 Å². The lowest BCUT2D eigenvalue weighted by Gasteiger charge is -2.60. The number of carbonyl (C=O) groups is 3. The van der Waals surface area contributed by atoms with Crippen LogP contribution in [0.15, 0.2) is 0 Å². The molecule has 8 nitrogen and oxygen atoms in total. The van der Waals surface area contributed by atoms with Gasteiger partial charge in [0, 0.05) is 17.9 Å². The van der Waals surface area contributed by atoms with Crippen LogP contribution >= 0.6 is 0 Å². The van der Waals surface area contributed by atoms with Gasteiger partial charge < -0.3 is 26.6 Å². The maximum Gasteiger partial charge on any atom is 0.326 e. The van der Waals surface area contributed by atoms with Crippen molar-refractivity contribution >= 4 is 17.8 Å². The molecule has 1 saturated carbocycles. The van der Waals surface area contributed by atoms with Crippen molar-refractivity contribution in [3.8, 4) is 0 Å². The second-order valence-electron chi connectivity index (χ2n) is 6.31. The van der Waals surface area contributed by atoms with E-state index in [9.17, 15) is 14.4 Å². The summed E-state index contributed by atoms with van der Waals surface area (Å²) < 4.78 is 5.58. The molecular weight excluding hydrogens is 278 g/mol. The van der Waals surface area contributed by atoms with Crippen LogP contribution in [0.2, 0.25) is 0 Å². The molecule has 1 saturated heterocycles. The zero-order valence-corrected chi connectivity index (χ0v) is 12.1. The summed E-state index contributed by atoms with van der Waals surface area (Å²) >= 11 is 0. The van der Waals surface area contributed by atoms with Crippen molar-refractivity contribution in [1.29, 1.82) is 0 Å². The average molecular weight is 299 g/mol. The number of nitrogens with two attached hydrogens (primary N) is 2. The molecule has 21 heavy (non-hydrogen) atoms. The molecule has 0 aromatic rings. The smallest absolute Gasteiger partial charge is 0.326 e. The highest BCUT2D eigenvalue weighted by Gasteiger charge is 2.71. The molecule has 2 rings (SSSR count). The summed E-state index contributed by atoms with van der Waals surface area (Å²) in [6, 6.07) is -1.37. The van der Waals surface area contributed by atoms with Gasteiger partial charge in [-0.2, -0.15) is 0 Å². The summed E-state index contributed by atoms with van der Waals surface area (Å²) in [6.45, 7) is 4.18. The van der Waals surface area contributed by atoms with Gasteiger partial charge in [-0.05, 0) is 6.42 Å². The fraction of sp³-hybridized carbons (Fsp3) is 0.769. The van der Waals surface area contributed by atoms with Gasteiger partial charge in [-0.3, -0.25) is 9.59 Å². The number of hydrogen-bond acceptors (Lipinski definition) is 5. The molecule has 1 aliphatic carbocycles. The Morgan fingerprint density at radius 1 is 1.43 bits per heavy atom. The zero-order chi connectivity index (χ0) is 16.0. The Bertz CT molecular complexity index is 492. The number of hydrogen-bond donors (Lipinski definition) is 4. The Morgan fingerprint density at radius 2 is 2.05 bits per heavy atom. The summed E-state index contributed by atoms with van der Waals surface area (Å²) in [6.07, 6.45) is 0.0842. The van der Waals surface area contributed by atoms with E-state index in [0.717, 1.165) is 0 Å². The summed E-state index contributed by atoms with van der Waals surface area (Å²) in [7, 11) is 0. The number of nitrogens with one attached hydrogen (secondary N) is 1. The number of carboxylic acids is 1. The van der Waals surface area contributed by atoms with Crippen molar-refractivity contribution in [1.82, 2.24) is 5.32 Å². The number of ether oxygens (including phenoxy) is 1. The van der Waals surface area contributed by atoms with Gasteiger partial charge >= 0.3 is 5.97 Å². The van der Waals surface area contributed by atoms with Crippen LogP contribution in [0.25, 0.3) is 0 Å². The minimum Gasteiger partial charge on any atom is -0.480 e. The van der Waals surface area contributed by atoms with Crippen molar-refractivity contribution < 1.29 is 24.2 Å². The Balaban J connectivity index is 2.15. The summed E-state index contributed by atoms with van der Waals surface area (Å²) in [5, 5.41) is 11.4. The number of primary amides is 1. The fourth-order valence-corrected chi connectivity index (χ4v) is 3.52. The van der Waals surface area contributed by atoms with E-state index in [1.165, 1.54) is 0 Å². The Kier molecular flexibility index (Phi) is 3.71. The second-order valence-corrected chi connectivity index (χ2v) is 6.31. The van der Waals surface area contributed by atoms with E-state index in [1.54, 1.807) is 0 Å². The van der Waals surface area contributed by atoms with Gasteiger partial charge in [-0.1, -0.05) is 13.8 Å². The van der Waals surface area contributed by atoms with Gasteiger partial charge in [0.1, 0.15) is 11.6 Å². The molecule has 2 fully saturated rings. The number of rotatable bonds is 5. The first kappa shape index (κ1) is 15.7. The average Bonchev–Trinajstić information content (AvgIpc) is 2.84. The highest BCUT2D eigenvalue weighted by atomic mass is 16.5. The minimum absolute atomic E-state index is 0.104. The molecule has 3 unspecified atom stereocenters. The Labute approximate surface area is 122 Å². The van der Waals surface area contributed by atoms with Crippen molar-refractivity contribution in [3.63, 3.8) is 0 Å². The van der Waals surface area contributed by atoms with Crippen molar-refractivity contribution in [3.05, 3.63) is 0 Å². The van der Waals surface area contributed by atoms with Gasteiger partial charge in [0.2, 0.25) is 11.8 Å². The van der Waals surface area contributed by atoms with Crippen LogP contribution in [0.3, 0.4) is 0 Å². The van der Waals surface area contributed by atoms with E-state index in [4.69, 9.17) is 21.3 Å². The van der Waals surface area contributed by atoms with Crippen LogP contribution in [0, 0.1) is 11.3 Å². The molecule has 0 radical (unpaired) electrons. The molecule has 0 bridgehead atoms. The molecule has 4 atom stereocenters. The first-order valence-electron chi connectivity index (χ1n) is 6.85. The third-order valence-corrected chi connectivity index (χ3v) is 4.84. The van der Waals surface area contributed by atoms with Crippen LogP contribution in [0.4, 0.5) is 0 Å². The molecular formula is C13H21N3O5. The van der Waals surface area contributed by atoms with E-state index in [0.29, 0.717) is 13.0 Å². The van der Waals surface area contributed by atoms with Crippen LogP contribution < -0.4 is 16.8 Å². The lowest BCUT2D eigenvalue weighted by molar-refractivity contribution is -0.177. The highest BCUT2D eigenvalue weighted by molar-refractivity contribution is 5.94. The number of fused-ring (bicyclic) bond motifs is 1. The van der Waals surface area contributed by atoms with Gasteiger partial charge in [0.15, 0.2) is 0 Å². The van der Waals surface area contributed by atoms with Crippen molar-refractivity contribution in [2.75, 3.05) is 6.61 Å². The second kappa shape index (κ2) is 4.96. The molecule has 0 spiro atoms. The Hall–Kier alpha value is -1.67. The van der Waals surface area contributed by atoms with Crippen molar-refractivity contribution in [2.45, 2.75) is 44.4 Å². The Morgan fingerprint density at radius 3 is 2.57 bits per heavy atom. The number of carbonyl (C=O) groups excluding carboxylic acids is 2. The quantitative estimate of drug-likeness (QED) is 0.490. The number of carboxylic acid groups (broad SMARTS) is 1. The van der Waals surface area contributed by atoms with Gasteiger partial charge in [0.25, 0.3) is 0 Å². The van der Waals surface area contributed by atoms with E-state index in [-0.39, 0.29) is 12.0 Å². The molecule has 118 valence electrons. The van der Waals surface area contributed by atoms with Gasteiger partial charge in [0.05, 0.1) is 12.5 Å². The van der Waals surface area contributed by atoms with E-state index < -0.39 is 41.2 Å². The molecule has 1 aliphatic heterocycles. The van der Waals surface area contributed by atoms with E-state index in [2.05, 4.69) is 5.32 Å². The predicted molar refractivity (Wildman–Crippen MR) is 71.9 cm³/mol. The van der Waals surface area contributed by atoms with E-state index >= 15 is 0 Å². The monoisotopic (exact) mass is 299 g/mol. The fourth-order valence-electron chi connectivity index (χ4n) is 3.52. The lowest BCUT2D eigenvalue weighted by Crippen LogP contribution is -2.80. The van der Waals surface area contributed by atoms with Crippen LogP contribution in [-0.4, -0.2) is 47.2 Å². The van der Waals surface area contributed by atoms with Crippen LogP contribution in [0.1, 0.15) is 26.7 Å². The maximum absolute atomic E-state index is 12.5. The molecule has 8 heteroatoms. The highest BCUT2D eigenvalue weighted by Crippen LogP contribution is 2.58. The molecule has 0 aromatic heterocycles. The first-order chi connectivity index (χ1) is 9.62. The van der Waals surface area contributed by atoms with Gasteiger partial charge in [-0.25, -0.2) is 4.79 Å². The summed E-state index contributed by atoms with van der Waals surface area (Å²) in [5.41, 5.74) is 9.47. The summed E-state index contributed by atoms with van der Waals surface area (Å²) in [4.78, 5) is 34.5. The third kappa shape index (κ3) is 2.18. The predicted octanol–water partition coefficient (Wildman–Crippen LogP) is -1.43.